The quantitative estimate of drug-likeness (QED) is 0.330. The molecule has 0 atom stereocenters. The van der Waals surface area contributed by atoms with Crippen LogP contribution in [0.1, 0.15) is 0 Å². The van der Waals surface area contributed by atoms with E-state index in [9.17, 15) is 4.21 Å². The summed E-state index contributed by atoms with van der Waals surface area (Å²) in [6.07, 6.45) is 7.03. The van der Waals surface area contributed by atoms with Gasteiger partial charge < -0.3 is 0 Å². The minimum Gasteiger partial charge on any atom is -0.260 e. The fourth-order valence-corrected chi connectivity index (χ4v) is 3.57. The van der Waals surface area contributed by atoms with E-state index in [1.54, 1.807) is 12.5 Å². The first kappa shape index (κ1) is 19.9. The summed E-state index contributed by atoms with van der Waals surface area (Å²) >= 11 is 0. The highest BCUT2D eigenvalue weighted by molar-refractivity contribution is 7.83. The van der Waals surface area contributed by atoms with Crippen molar-refractivity contribution in [2.75, 3.05) is 12.5 Å². The van der Waals surface area contributed by atoms with Gasteiger partial charge in [-0.05, 0) is 34.4 Å². The predicted octanol–water partition coefficient (Wildman–Crippen LogP) is 6.11. The largest absolute Gasteiger partial charge is 0.260 e. The van der Waals surface area contributed by atoms with Crippen LogP contribution in [0.25, 0.3) is 44.1 Å². The van der Waals surface area contributed by atoms with E-state index in [1.165, 1.54) is 22.3 Å². The van der Waals surface area contributed by atoms with Gasteiger partial charge in [-0.25, -0.2) is 0 Å². The van der Waals surface area contributed by atoms with Gasteiger partial charge in [0.1, 0.15) is 0 Å². The number of rotatable bonds is 2. The lowest BCUT2D eigenvalue weighted by Gasteiger charge is -2.11. The molecule has 30 heavy (non-hydrogen) atoms. The predicted molar refractivity (Wildman–Crippen MR) is 128 cm³/mol. The highest BCUT2D eigenvalue weighted by Crippen LogP contribution is 2.34. The van der Waals surface area contributed by atoms with Crippen LogP contribution in [0, 0.1) is 0 Å². The fraction of sp³-hybridized carbons (Fsp3) is 0.0769. The topological polar surface area (TPSA) is 42.9 Å². The zero-order valence-corrected chi connectivity index (χ0v) is 17.8. The Kier molecular flexibility index (Phi) is 5.96. The molecule has 2 aromatic heterocycles. The van der Waals surface area contributed by atoms with Crippen LogP contribution in [-0.4, -0.2) is 26.7 Å². The molecule has 4 heteroatoms. The molecule has 0 N–H and O–H groups in total. The summed E-state index contributed by atoms with van der Waals surface area (Å²) in [5, 5.41) is 2.26. The zero-order chi connectivity index (χ0) is 20.9. The average Bonchev–Trinajstić information content (AvgIpc) is 2.79. The number of aromatic nitrogens is 2. The summed E-state index contributed by atoms with van der Waals surface area (Å²) in [5.41, 5.74) is 6.65. The van der Waals surface area contributed by atoms with Crippen molar-refractivity contribution in [3.8, 4) is 22.3 Å². The molecule has 0 radical (unpaired) electrons. The van der Waals surface area contributed by atoms with Gasteiger partial charge in [-0.3, -0.25) is 14.2 Å². The van der Waals surface area contributed by atoms with Crippen molar-refractivity contribution in [2.45, 2.75) is 0 Å². The van der Waals surface area contributed by atoms with Gasteiger partial charge in [0.25, 0.3) is 0 Å². The Balaban J connectivity index is 0.000000503. The molecule has 0 aliphatic heterocycles. The lowest BCUT2D eigenvalue weighted by molar-refractivity contribution is 0.690. The summed E-state index contributed by atoms with van der Waals surface area (Å²) < 4.78 is 9.56. The summed E-state index contributed by atoms with van der Waals surface area (Å²) in [4.78, 5) is 9.34. The van der Waals surface area contributed by atoms with Crippen molar-refractivity contribution in [1.29, 1.82) is 0 Å². The number of nitrogens with zero attached hydrogens (tertiary/aromatic N) is 2. The molecule has 5 aromatic rings. The summed E-state index contributed by atoms with van der Waals surface area (Å²) in [6.45, 7) is 0. The first-order valence-electron chi connectivity index (χ1n) is 9.67. The van der Waals surface area contributed by atoms with Crippen molar-refractivity contribution in [3.05, 3.63) is 97.3 Å². The molecule has 0 unspecified atom stereocenters. The fourth-order valence-electron chi connectivity index (χ4n) is 3.57. The van der Waals surface area contributed by atoms with Gasteiger partial charge in [0, 0.05) is 46.5 Å². The molecule has 0 spiro atoms. The maximum Gasteiger partial charge on any atom is 0.0970 e. The van der Waals surface area contributed by atoms with E-state index < -0.39 is 10.8 Å². The third-order valence-corrected chi connectivity index (χ3v) is 4.79. The SMILES string of the molecule is CS(C)=O.c1ccc(-c2ccnc3c2ccc2c(-c4ccccc4)ccnc23)cc1. The van der Waals surface area contributed by atoms with Gasteiger partial charge in [0.15, 0.2) is 0 Å². The summed E-state index contributed by atoms with van der Waals surface area (Å²) in [7, 11) is -0.611. The minimum atomic E-state index is -0.611. The molecule has 0 saturated heterocycles. The van der Waals surface area contributed by atoms with Crippen LogP contribution in [0.3, 0.4) is 0 Å². The molecule has 0 aliphatic rings. The summed E-state index contributed by atoms with van der Waals surface area (Å²) in [6, 6.07) is 29.3. The first-order valence-corrected chi connectivity index (χ1v) is 11.6. The molecule has 0 aliphatic carbocycles. The third kappa shape index (κ3) is 4.14. The average molecular weight is 411 g/mol. The second-order valence-electron chi connectivity index (χ2n) is 7.05. The number of hydrogen-bond acceptors (Lipinski definition) is 3. The van der Waals surface area contributed by atoms with E-state index in [0.717, 1.165) is 21.8 Å². The van der Waals surface area contributed by atoms with Crippen LogP contribution in [0.4, 0.5) is 0 Å². The van der Waals surface area contributed by atoms with E-state index >= 15 is 0 Å². The molecular formula is C26H22N2OS. The van der Waals surface area contributed by atoms with Crippen LogP contribution in [-0.2, 0) is 10.8 Å². The van der Waals surface area contributed by atoms with Gasteiger partial charge in [-0.2, -0.15) is 0 Å². The number of pyridine rings is 2. The maximum absolute atomic E-state index is 9.56. The third-order valence-electron chi connectivity index (χ3n) is 4.79. The van der Waals surface area contributed by atoms with Crippen molar-refractivity contribution in [1.82, 2.24) is 9.97 Å². The van der Waals surface area contributed by atoms with Gasteiger partial charge in [-0.1, -0.05) is 72.8 Å². The normalized spacial score (nSPS) is 10.8. The molecular weight excluding hydrogens is 388 g/mol. The Bertz CT molecular complexity index is 1220. The molecule has 0 bridgehead atoms. The molecule has 0 fully saturated rings. The standard InChI is InChI=1S/C24H16N2.C2H6OS/c1-3-7-17(8-4-1)19-13-15-25-23-21(19)11-12-22-20(14-16-26-24(22)23)18-9-5-2-6-10-18;1-4(2)3/h1-16H;1-2H3. The Hall–Kier alpha value is -3.37. The van der Waals surface area contributed by atoms with Crippen LogP contribution in [0.2, 0.25) is 0 Å². The zero-order valence-electron chi connectivity index (χ0n) is 16.9. The van der Waals surface area contributed by atoms with Crippen molar-refractivity contribution < 1.29 is 4.21 Å². The van der Waals surface area contributed by atoms with Gasteiger partial charge in [0.2, 0.25) is 0 Å². The summed E-state index contributed by atoms with van der Waals surface area (Å²) in [5.74, 6) is 0. The molecule has 5 rings (SSSR count). The monoisotopic (exact) mass is 410 g/mol. The van der Waals surface area contributed by atoms with E-state index in [1.807, 2.05) is 24.5 Å². The van der Waals surface area contributed by atoms with Crippen LogP contribution < -0.4 is 0 Å². The second kappa shape index (κ2) is 8.97. The smallest absolute Gasteiger partial charge is 0.0970 e. The highest BCUT2D eigenvalue weighted by Gasteiger charge is 2.11. The molecule has 3 nitrogen and oxygen atoms in total. The van der Waals surface area contributed by atoms with Crippen LogP contribution in [0.5, 0.6) is 0 Å². The van der Waals surface area contributed by atoms with E-state index in [-0.39, 0.29) is 0 Å². The number of hydrogen-bond donors (Lipinski definition) is 0. The van der Waals surface area contributed by atoms with Gasteiger partial charge in [0.05, 0.1) is 11.0 Å². The lowest BCUT2D eigenvalue weighted by atomic mass is 9.97. The lowest BCUT2D eigenvalue weighted by Crippen LogP contribution is -1.90. The molecule has 2 heterocycles. The highest BCUT2D eigenvalue weighted by atomic mass is 32.2. The Morgan fingerprint density at radius 2 is 0.933 bits per heavy atom. The Labute approximate surface area is 178 Å². The van der Waals surface area contributed by atoms with E-state index in [4.69, 9.17) is 0 Å². The maximum atomic E-state index is 9.56. The van der Waals surface area contributed by atoms with E-state index in [0.29, 0.717) is 0 Å². The molecule has 148 valence electrons. The Morgan fingerprint density at radius 1 is 0.567 bits per heavy atom. The van der Waals surface area contributed by atoms with Crippen molar-refractivity contribution in [2.24, 2.45) is 0 Å². The van der Waals surface area contributed by atoms with E-state index in [2.05, 4.69) is 82.8 Å². The Morgan fingerprint density at radius 3 is 1.30 bits per heavy atom. The number of fused-ring (bicyclic) bond motifs is 3. The van der Waals surface area contributed by atoms with Crippen LogP contribution in [0.15, 0.2) is 97.3 Å². The van der Waals surface area contributed by atoms with Gasteiger partial charge in [-0.15, -0.1) is 0 Å². The second-order valence-corrected chi connectivity index (χ2v) is 8.53. The molecule has 3 aromatic carbocycles. The van der Waals surface area contributed by atoms with Gasteiger partial charge >= 0.3 is 0 Å². The van der Waals surface area contributed by atoms with Crippen molar-refractivity contribution in [3.63, 3.8) is 0 Å². The first-order chi connectivity index (χ1) is 14.6. The minimum absolute atomic E-state index is 0.611. The molecule has 0 saturated carbocycles. The van der Waals surface area contributed by atoms with Crippen molar-refractivity contribution >= 4 is 32.6 Å². The van der Waals surface area contributed by atoms with Crippen LogP contribution >= 0.6 is 0 Å². The molecule has 0 amide bonds. The number of benzene rings is 3.